The Morgan fingerprint density at radius 2 is 1.10 bits per heavy atom. The van der Waals surface area contributed by atoms with Gasteiger partial charge in [-0.05, 0) is 52.4 Å². The first-order chi connectivity index (χ1) is 38.8. The van der Waals surface area contributed by atoms with Crippen molar-refractivity contribution in [2.45, 2.75) is 197 Å². The van der Waals surface area contributed by atoms with E-state index in [1.165, 1.54) is 6.92 Å². The maximum Gasteiger partial charge on any atom is 0.303 e. The number of rotatable bonds is 30. The van der Waals surface area contributed by atoms with Crippen LogP contribution in [0, 0.1) is 5.92 Å². The van der Waals surface area contributed by atoms with Gasteiger partial charge in [0, 0.05) is 33.7 Å². The number of primary amides is 1. The van der Waals surface area contributed by atoms with Gasteiger partial charge in [0.2, 0.25) is 65.0 Å². The summed E-state index contributed by atoms with van der Waals surface area (Å²) in [6.45, 7) is 6.89. The minimum absolute atomic E-state index is 0.0359. The van der Waals surface area contributed by atoms with E-state index >= 15 is 0 Å². The molecule has 470 valence electrons. The number of nitrogens with one attached hydrogen (secondary N) is 9. The van der Waals surface area contributed by atoms with Crippen molar-refractivity contribution in [3.05, 3.63) is 0 Å². The lowest BCUT2D eigenvalue weighted by Crippen LogP contribution is -2.67. The average Bonchev–Trinajstić information content (AvgIpc) is 3.99. The van der Waals surface area contributed by atoms with Crippen LogP contribution in [0.1, 0.15) is 87.5 Å². The Morgan fingerprint density at radius 3 is 1.55 bits per heavy atom. The molecule has 0 spiro atoms. The number of carboxylic acids is 1. The number of aliphatic hydroxyl groups excluding tert-OH is 6. The fourth-order valence-electron chi connectivity index (χ4n) is 9.21. The predicted molar refractivity (Wildman–Crippen MR) is 279 cm³/mol. The molecule has 34 heteroatoms. The number of carbonyl (C=O) groups excluding carboxylic acids is 11. The van der Waals surface area contributed by atoms with Gasteiger partial charge < -0.3 is 113 Å². The number of hydrogen-bond donors (Lipinski definition) is 17. The average molecular weight is 1190 g/mol. The number of nitrogens with zero attached hydrogens (tertiary/aromatic N) is 1. The number of amides is 11. The molecule has 18 atom stereocenters. The van der Waals surface area contributed by atoms with E-state index in [1.54, 1.807) is 13.8 Å². The first kappa shape index (κ1) is 70.5. The summed E-state index contributed by atoms with van der Waals surface area (Å²) in [5.74, 6) is -11.8. The number of ether oxygens (including phenoxy) is 4. The molecule has 3 heterocycles. The molecule has 3 aliphatic heterocycles. The van der Waals surface area contributed by atoms with Crippen LogP contribution in [0.15, 0.2) is 0 Å². The zero-order chi connectivity index (χ0) is 62.7. The number of carbonyl (C=O) groups is 12. The fraction of sp³-hybridized carbons (Fsp3) is 0.755. The van der Waals surface area contributed by atoms with Gasteiger partial charge in [0.1, 0.15) is 85.0 Å². The summed E-state index contributed by atoms with van der Waals surface area (Å²) >= 11 is 0. The molecule has 83 heavy (non-hydrogen) atoms. The highest BCUT2D eigenvalue weighted by molar-refractivity contribution is 5.97. The first-order valence-corrected chi connectivity index (χ1v) is 26.8. The zero-order valence-corrected chi connectivity index (χ0v) is 47.2. The van der Waals surface area contributed by atoms with Gasteiger partial charge >= 0.3 is 5.97 Å². The molecule has 18 N–H and O–H groups in total. The summed E-state index contributed by atoms with van der Waals surface area (Å²) in [7, 11) is 0. The number of aliphatic hydroxyl groups is 6. The number of aliphatic carboxylic acids is 1. The van der Waals surface area contributed by atoms with Crippen molar-refractivity contribution in [2.75, 3.05) is 32.8 Å². The van der Waals surface area contributed by atoms with Crippen molar-refractivity contribution in [3.8, 4) is 0 Å². The Labute approximate surface area is 476 Å². The molecule has 3 fully saturated rings. The molecule has 0 bridgehead atoms. The van der Waals surface area contributed by atoms with Crippen molar-refractivity contribution in [2.24, 2.45) is 11.7 Å². The second kappa shape index (κ2) is 32.9. The number of hydrogen-bond acceptors (Lipinski definition) is 22. The second-order valence-corrected chi connectivity index (χ2v) is 20.8. The van der Waals surface area contributed by atoms with E-state index in [2.05, 4.69) is 47.9 Å². The molecule has 3 rings (SSSR count). The van der Waals surface area contributed by atoms with Crippen molar-refractivity contribution >= 4 is 70.9 Å². The predicted octanol–water partition coefficient (Wildman–Crippen LogP) is -9.23. The SMILES string of the molecule is CC(=O)N[C@H]1[C@@H](O[C@H](C)[C@H](NC(=O)[C@H](C)NC(=O)[C@H](CC(C)C)NC(=O)[C@H](CCC(=O)O)NC(C)=O)C(=O)N[C@H](C(=O)NCC(=O)N2CCC[C@H]2C(=O)NCC(N)=O)[C@@H](C)O[C@H]2O[C@H](CO)[C@H](O)[C@H](O)[C@H]2NC(C)=O)O[C@H](CO)[C@H](O)[C@@H]1O. The lowest BCUT2D eigenvalue weighted by Gasteiger charge is -2.44. The molecule has 11 amide bonds. The third kappa shape index (κ3) is 21.1. The highest BCUT2D eigenvalue weighted by Crippen LogP contribution is 2.26. The highest BCUT2D eigenvalue weighted by Gasteiger charge is 2.49. The van der Waals surface area contributed by atoms with Gasteiger partial charge in [0.05, 0.1) is 38.5 Å². The maximum atomic E-state index is 14.9. The van der Waals surface area contributed by atoms with Gasteiger partial charge in [-0.1, -0.05) is 13.8 Å². The van der Waals surface area contributed by atoms with Crippen molar-refractivity contribution in [3.63, 3.8) is 0 Å². The molecular weight excluding hydrogens is 1110 g/mol. The van der Waals surface area contributed by atoms with E-state index in [1.807, 2.05) is 0 Å². The minimum atomic E-state index is -2.07. The van der Waals surface area contributed by atoms with Crippen molar-refractivity contribution in [1.82, 2.24) is 52.8 Å². The van der Waals surface area contributed by atoms with Crippen LogP contribution in [-0.4, -0.2) is 254 Å². The third-order valence-corrected chi connectivity index (χ3v) is 13.5. The fourth-order valence-corrected chi connectivity index (χ4v) is 9.21. The van der Waals surface area contributed by atoms with Gasteiger partial charge in [-0.2, -0.15) is 0 Å². The van der Waals surface area contributed by atoms with E-state index in [9.17, 15) is 93.3 Å². The molecule has 0 aromatic rings. The van der Waals surface area contributed by atoms with Gasteiger partial charge in [0.15, 0.2) is 12.6 Å². The molecule has 0 aromatic carbocycles. The molecule has 0 aromatic heterocycles. The van der Waals surface area contributed by atoms with Gasteiger partial charge in [-0.3, -0.25) is 57.5 Å². The normalized spacial score (nSPS) is 26.7. The van der Waals surface area contributed by atoms with Crippen LogP contribution < -0.4 is 53.6 Å². The largest absolute Gasteiger partial charge is 0.481 e. The summed E-state index contributed by atoms with van der Waals surface area (Å²) in [4.78, 5) is 158. The molecule has 0 unspecified atom stereocenters. The summed E-state index contributed by atoms with van der Waals surface area (Å²) < 4.78 is 23.5. The molecule has 0 radical (unpaired) electrons. The molecule has 3 saturated heterocycles. The first-order valence-electron chi connectivity index (χ1n) is 26.8. The Hall–Kier alpha value is -6.76. The minimum Gasteiger partial charge on any atom is -0.481 e. The van der Waals surface area contributed by atoms with Gasteiger partial charge in [0.25, 0.3) is 0 Å². The maximum absolute atomic E-state index is 14.9. The monoisotopic (exact) mass is 1190 g/mol. The van der Waals surface area contributed by atoms with E-state index in [0.29, 0.717) is 6.42 Å². The van der Waals surface area contributed by atoms with E-state index in [0.717, 1.165) is 39.5 Å². The van der Waals surface area contributed by atoms with Gasteiger partial charge in [-0.25, -0.2) is 0 Å². The van der Waals surface area contributed by atoms with E-state index < -0.39 is 213 Å². The summed E-state index contributed by atoms with van der Waals surface area (Å²) in [6.07, 6.45) is -18.0. The summed E-state index contributed by atoms with van der Waals surface area (Å²) in [5, 5.41) is 94.0. The van der Waals surface area contributed by atoms with Crippen LogP contribution in [0.3, 0.4) is 0 Å². The number of nitrogens with two attached hydrogens (primary N) is 1. The summed E-state index contributed by atoms with van der Waals surface area (Å²) in [5.41, 5.74) is 5.15. The second-order valence-electron chi connectivity index (χ2n) is 20.8. The number of likely N-dealkylation sites (tertiary alicyclic amines) is 1. The number of carboxylic acid groups (broad SMARTS) is 1. The molecule has 0 aliphatic carbocycles. The van der Waals surface area contributed by atoms with Crippen LogP contribution >= 0.6 is 0 Å². The van der Waals surface area contributed by atoms with Crippen molar-refractivity contribution < 1.29 is 112 Å². The van der Waals surface area contributed by atoms with Crippen LogP contribution in [0.4, 0.5) is 0 Å². The Balaban J connectivity index is 2.11. The van der Waals surface area contributed by atoms with Crippen LogP contribution in [-0.2, 0) is 76.5 Å². The lowest BCUT2D eigenvalue weighted by molar-refractivity contribution is -0.282. The Kier molecular flexibility index (Phi) is 28.0. The lowest BCUT2D eigenvalue weighted by atomic mass is 9.96. The molecule has 34 nitrogen and oxygen atoms in total. The van der Waals surface area contributed by atoms with E-state index in [4.69, 9.17) is 24.7 Å². The van der Waals surface area contributed by atoms with Gasteiger partial charge in [-0.15, -0.1) is 0 Å². The van der Waals surface area contributed by atoms with Crippen LogP contribution in [0.5, 0.6) is 0 Å². The van der Waals surface area contributed by atoms with Crippen molar-refractivity contribution in [1.29, 1.82) is 0 Å². The zero-order valence-electron chi connectivity index (χ0n) is 47.2. The van der Waals surface area contributed by atoms with Crippen LogP contribution in [0.2, 0.25) is 0 Å². The topological polar surface area (TPSA) is 521 Å². The molecule has 3 aliphatic rings. The standard InChI is InChI=1S/C49H81N11O23/c1-19(2)14-27(57-43(75)26(54-23(6)63)11-12-33(68)69)44(76)53-20(3)42(74)58-35(22(5)81-49-37(56-25(8)65)41(73)39(71)30(18-62)83-49)47(79)59-34(21(4)80-48-36(55-24(7)64)40(72)38(70)29(17-61)82-48)46(78)52-16-32(67)60-13-9-10-28(60)45(77)51-15-31(50)66/h19-22,26-30,34-41,48-49,61-62,70-73H,9-18H2,1-8H3,(H2,50,66)(H,51,77)(H,52,78)(H,53,76)(H,54,63)(H,55,64)(H,56,65)(H,57,75)(H,58,74)(H,59,79)(H,68,69)/t20-,21+,22+,26-,27-,28-,29+,30+,34-,35-,36+,37+,38-,39-,40+,41+,48-,49-/m0/s1. The van der Waals surface area contributed by atoms with Crippen LogP contribution in [0.25, 0.3) is 0 Å². The molecule has 0 saturated carbocycles. The quantitative estimate of drug-likeness (QED) is 0.0318. The van der Waals surface area contributed by atoms with E-state index in [-0.39, 0.29) is 31.7 Å². The Bertz CT molecular complexity index is 2320. The highest BCUT2D eigenvalue weighted by atomic mass is 16.7. The molecular formula is C49H81N11O23. The third-order valence-electron chi connectivity index (χ3n) is 13.5. The Morgan fingerprint density at radius 1 is 0.602 bits per heavy atom. The smallest absolute Gasteiger partial charge is 0.303 e. The summed E-state index contributed by atoms with van der Waals surface area (Å²) in [6, 6.07) is -12.8.